The fourth-order valence-electron chi connectivity index (χ4n) is 2.58. The SMILES string of the molecule is CC1CN(S(=O)(=O)c2c[nH]c3ncccc23)CC(CO)O1. The maximum Gasteiger partial charge on any atom is 0.245 e. The van der Waals surface area contributed by atoms with Crippen LogP contribution in [0.15, 0.2) is 29.4 Å². The van der Waals surface area contributed by atoms with Gasteiger partial charge in [-0.2, -0.15) is 4.31 Å². The highest BCUT2D eigenvalue weighted by Gasteiger charge is 2.34. The van der Waals surface area contributed by atoms with E-state index in [1.165, 1.54) is 10.5 Å². The minimum absolute atomic E-state index is 0.149. The molecule has 0 amide bonds. The molecule has 0 radical (unpaired) electrons. The Bertz CT molecular complexity index is 743. The van der Waals surface area contributed by atoms with Crippen LogP contribution in [0, 0.1) is 0 Å². The number of aromatic nitrogens is 2. The van der Waals surface area contributed by atoms with Crippen molar-refractivity contribution in [1.82, 2.24) is 14.3 Å². The maximum absolute atomic E-state index is 12.8. The quantitative estimate of drug-likeness (QED) is 0.852. The third-order valence-corrected chi connectivity index (χ3v) is 5.40. The molecule has 2 N–H and O–H groups in total. The van der Waals surface area contributed by atoms with Crippen molar-refractivity contribution in [1.29, 1.82) is 0 Å². The lowest BCUT2D eigenvalue weighted by Crippen LogP contribution is -2.50. The largest absolute Gasteiger partial charge is 0.394 e. The fourth-order valence-corrected chi connectivity index (χ4v) is 4.28. The van der Waals surface area contributed by atoms with Gasteiger partial charge in [0.2, 0.25) is 10.0 Å². The van der Waals surface area contributed by atoms with Crippen LogP contribution in [0.5, 0.6) is 0 Å². The van der Waals surface area contributed by atoms with Gasteiger partial charge in [0.1, 0.15) is 10.5 Å². The van der Waals surface area contributed by atoms with Crippen LogP contribution in [-0.4, -0.2) is 59.7 Å². The molecule has 1 saturated heterocycles. The molecule has 3 heterocycles. The Balaban J connectivity index is 2.00. The number of rotatable bonds is 3. The van der Waals surface area contributed by atoms with Crippen LogP contribution in [0.1, 0.15) is 6.92 Å². The molecule has 0 aliphatic carbocycles. The molecule has 21 heavy (non-hydrogen) atoms. The van der Waals surface area contributed by atoms with Gasteiger partial charge >= 0.3 is 0 Å². The molecule has 2 atom stereocenters. The van der Waals surface area contributed by atoms with E-state index in [4.69, 9.17) is 4.74 Å². The highest BCUT2D eigenvalue weighted by molar-refractivity contribution is 7.89. The molecule has 1 aliphatic heterocycles. The summed E-state index contributed by atoms with van der Waals surface area (Å²) in [6.07, 6.45) is 2.32. The first-order valence-electron chi connectivity index (χ1n) is 6.71. The van der Waals surface area contributed by atoms with Crippen molar-refractivity contribution in [2.75, 3.05) is 19.7 Å². The Morgan fingerprint density at radius 1 is 1.52 bits per heavy atom. The second kappa shape index (κ2) is 5.38. The summed E-state index contributed by atoms with van der Waals surface area (Å²) in [5.41, 5.74) is 0.538. The van der Waals surface area contributed by atoms with Gasteiger partial charge in [0.05, 0.1) is 18.8 Å². The van der Waals surface area contributed by atoms with Gasteiger partial charge in [-0.1, -0.05) is 0 Å². The van der Waals surface area contributed by atoms with Crippen molar-refractivity contribution in [3.63, 3.8) is 0 Å². The number of ether oxygens (including phenoxy) is 1. The van der Waals surface area contributed by atoms with Crippen LogP contribution in [0.3, 0.4) is 0 Å². The van der Waals surface area contributed by atoms with Crippen LogP contribution in [-0.2, 0) is 14.8 Å². The summed E-state index contributed by atoms with van der Waals surface area (Å²) >= 11 is 0. The highest BCUT2D eigenvalue weighted by Crippen LogP contribution is 2.26. The number of hydrogen-bond acceptors (Lipinski definition) is 5. The van der Waals surface area contributed by atoms with E-state index in [-0.39, 0.29) is 30.7 Å². The highest BCUT2D eigenvalue weighted by atomic mass is 32.2. The summed E-state index contributed by atoms with van der Waals surface area (Å²) in [5.74, 6) is 0. The third-order valence-electron chi connectivity index (χ3n) is 3.53. The van der Waals surface area contributed by atoms with Gasteiger partial charge in [-0.05, 0) is 19.1 Å². The van der Waals surface area contributed by atoms with Crippen LogP contribution >= 0.6 is 0 Å². The monoisotopic (exact) mass is 311 g/mol. The van der Waals surface area contributed by atoms with Gasteiger partial charge in [0.15, 0.2) is 0 Å². The molecule has 8 heteroatoms. The van der Waals surface area contributed by atoms with Gasteiger partial charge in [-0.15, -0.1) is 0 Å². The summed E-state index contributed by atoms with van der Waals surface area (Å²) in [6, 6.07) is 3.42. The molecule has 114 valence electrons. The van der Waals surface area contributed by atoms with Crippen molar-refractivity contribution in [3.05, 3.63) is 24.5 Å². The molecule has 0 spiro atoms. The van der Waals surface area contributed by atoms with Crippen LogP contribution in [0.2, 0.25) is 0 Å². The fraction of sp³-hybridized carbons (Fsp3) is 0.462. The molecule has 2 aromatic rings. The number of nitrogens with one attached hydrogen (secondary N) is 1. The number of morpholine rings is 1. The number of H-pyrrole nitrogens is 1. The number of aromatic amines is 1. The average molecular weight is 311 g/mol. The predicted octanol–water partition coefficient (Wildman–Crippen LogP) is 0.333. The van der Waals surface area contributed by atoms with Gasteiger partial charge in [-0.25, -0.2) is 13.4 Å². The second-order valence-electron chi connectivity index (χ2n) is 5.13. The van der Waals surface area contributed by atoms with Gasteiger partial charge in [0, 0.05) is 30.9 Å². The molecule has 3 rings (SSSR count). The molecular weight excluding hydrogens is 294 g/mol. The normalized spacial score (nSPS) is 24.5. The molecule has 7 nitrogen and oxygen atoms in total. The van der Waals surface area contributed by atoms with E-state index in [1.54, 1.807) is 25.3 Å². The number of aliphatic hydroxyl groups is 1. The van der Waals surface area contributed by atoms with Gasteiger partial charge in [-0.3, -0.25) is 0 Å². The number of fused-ring (bicyclic) bond motifs is 1. The minimum atomic E-state index is -3.65. The summed E-state index contributed by atoms with van der Waals surface area (Å²) in [6.45, 7) is 2.01. The molecule has 2 aromatic heterocycles. The number of aliphatic hydroxyl groups excluding tert-OH is 1. The summed E-state index contributed by atoms with van der Waals surface area (Å²) in [7, 11) is -3.65. The van der Waals surface area contributed by atoms with Crippen molar-refractivity contribution in [2.24, 2.45) is 0 Å². The number of sulfonamides is 1. The molecular formula is C13H17N3O4S. The Hall–Kier alpha value is -1.48. The molecule has 1 aliphatic rings. The topological polar surface area (TPSA) is 95.5 Å². The average Bonchev–Trinajstić information content (AvgIpc) is 2.91. The first-order valence-corrected chi connectivity index (χ1v) is 8.15. The van der Waals surface area contributed by atoms with Crippen LogP contribution < -0.4 is 0 Å². The zero-order valence-corrected chi connectivity index (χ0v) is 12.4. The second-order valence-corrected chi connectivity index (χ2v) is 7.03. The Morgan fingerprint density at radius 2 is 2.33 bits per heavy atom. The lowest BCUT2D eigenvalue weighted by atomic mass is 10.2. The number of nitrogens with zero attached hydrogens (tertiary/aromatic N) is 2. The molecule has 0 saturated carbocycles. The molecule has 0 bridgehead atoms. The first-order chi connectivity index (χ1) is 10.0. The van der Waals surface area contributed by atoms with E-state index < -0.39 is 16.1 Å². The first kappa shape index (κ1) is 14.5. The van der Waals surface area contributed by atoms with E-state index in [0.717, 1.165) is 0 Å². The van der Waals surface area contributed by atoms with Gasteiger partial charge < -0.3 is 14.8 Å². The zero-order chi connectivity index (χ0) is 15.0. The van der Waals surface area contributed by atoms with Crippen molar-refractivity contribution < 1.29 is 18.3 Å². The Labute approximate surface area is 122 Å². The van der Waals surface area contributed by atoms with E-state index >= 15 is 0 Å². The lowest BCUT2D eigenvalue weighted by molar-refractivity contribution is -0.0750. The molecule has 1 fully saturated rings. The minimum Gasteiger partial charge on any atom is -0.394 e. The Morgan fingerprint density at radius 3 is 3.10 bits per heavy atom. The van der Waals surface area contributed by atoms with E-state index in [9.17, 15) is 13.5 Å². The lowest BCUT2D eigenvalue weighted by Gasteiger charge is -2.35. The Kier molecular flexibility index (Phi) is 3.70. The molecule has 0 aromatic carbocycles. The predicted molar refractivity (Wildman–Crippen MR) is 76.3 cm³/mol. The third kappa shape index (κ3) is 2.55. The van der Waals surface area contributed by atoms with Crippen molar-refractivity contribution >= 4 is 21.1 Å². The van der Waals surface area contributed by atoms with Crippen LogP contribution in [0.25, 0.3) is 11.0 Å². The number of pyridine rings is 1. The zero-order valence-electron chi connectivity index (χ0n) is 11.6. The van der Waals surface area contributed by atoms with Gasteiger partial charge in [0.25, 0.3) is 0 Å². The van der Waals surface area contributed by atoms with E-state index in [1.807, 2.05) is 0 Å². The molecule has 2 unspecified atom stereocenters. The summed E-state index contributed by atoms with van der Waals surface area (Å²) in [5, 5.41) is 9.80. The van der Waals surface area contributed by atoms with E-state index in [0.29, 0.717) is 11.0 Å². The van der Waals surface area contributed by atoms with Crippen LogP contribution in [0.4, 0.5) is 0 Å². The smallest absolute Gasteiger partial charge is 0.245 e. The number of hydrogen-bond donors (Lipinski definition) is 2. The summed E-state index contributed by atoms with van der Waals surface area (Å²) in [4.78, 5) is 7.18. The van der Waals surface area contributed by atoms with Crippen molar-refractivity contribution in [3.8, 4) is 0 Å². The maximum atomic E-state index is 12.8. The summed E-state index contributed by atoms with van der Waals surface area (Å²) < 4.78 is 32.5. The van der Waals surface area contributed by atoms with E-state index in [2.05, 4.69) is 9.97 Å². The standard InChI is InChI=1S/C13H17N3O4S/c1-9-6-16(7-10(8-17)20-9)21(18,19)12-5-15-13-11(12)3-2-4-14-13/h2-5,9-10,17H,6-8H2,1H3,(H,14,15). The van der Waals surface area contributed by atoms with Crippen molar-refractivity contribution in [2.45, 2.75) is 24.0 Å².